The molecule has 0 aromatic heterocycles. The van der Waals surface area contributed by atoms with E-state index in [1.807, 2.05) is 0 Å². The van der Waals surface area contributed by atoms with Crippen LogP contribution in [0.1, 0.15) is 32.1 Å². The molecule has 0 rings (SSSR count). The quantitative estimate of drug-likeness (QED) is 0.457. The molecule has 3 heteroatoms. The van der Waals surface area contributed by atoms with Gasteiger partial charge < -0.3 is 5.32 Å². The lowest BCUT2D eigenvalue weighted by Crippen LogP contribution is -2.16. The van der Waals surface area contributed by atoms with Crippen molar-refractivity contribution in [3.63, 3.8) is 0 Å². The van der Waals surface area contributed by atoms with Crippen LogP contribution in [0, 0.1) is 0 Å². The van der Waals surface area contributed by atoms with Crippen molar-refractivity contribution in [3.05, 3.63) is 0 Å². The van der Waals surface area contributed by atoms with E-state index in [1.54, 1.807) is 0 Å². The minimum absolute atomic E-state index is 0.763. The third-order valence-corrected chi connectivity index (χ3v) is 2.26. The maximum absolute atomic E-state index is 5.55. The zero-order valence-electron chi connectivity index (χ0n) is 7.62. The summed E-state index contributed by atoms with van der Waals surface area (Å²) in [6.45, 7) is 2.18. The SMILES string of the molecule is ClCCCCCCNCCCCl. The Bertz CT molecular complexity index is 68.9. The van der Waals surface area contributed by atoms with E-state index in [0.717, 1.165) is 37.7 Å². The average molecular weight is 212 g/mol. The molecule has 74 valence electrons. The Morgan fingerprint density at radius 3 is 1.92 bits per heavy atom. The smallest absolute Gasteiger partial charge is 0.0235 e. The second-order valence-electron chi connectivity index (χ2n) is 2.90. The van der Waals surface area contributed by atoms with E-state index < -0.39 is 0 Å². The van der Waals surface area contributed by atoms with Crippen LogP contribution < -0.4 is 5.32 Å². The van der Waals surface area contributed by atoms with Gasteiger partial charge in [0, 0.05) is 11.8 Å². The fourth-order valence-corrected chi connectivity index (χ4v) is 1.34. The van der Waals surface area contributed by atoms with Crippen LogP contribution in [0.4, 0.5) is 0 Å². The predicted octanol–water partition coefficient (Wildman–Crippen LogP) is 3.00. The number of hydrogen-bond acceptors (Lipinski definition) is 1. The maximum atomic E-state index is 5.55. The highest BCUT2D eigenvalue weighted by Crippen LogP contribution is 1.99. The number of hydrogen-bond donors (Lipinski definition) is 1. The summed E-state index contributed by atoms with van der Waals surface area (Å²) < 4.78 is 0. The fraction of sp³-hybridized carbons (Fsp3) is 1.00. The standard InChI is InChI=1S/C9H19Cl2N/c10-6-3-1-2-4-8-12-9-5-7-11/h12H,1-9H2. The molecule has 0 spiro atoms. The van der Waals surface area contributed by atoms with Crippen molar-refractivity contribution in [2.45, 2.75) is 32.1 Å². The number of alkyl halides is 2. The third kappa shape index (κ3) is 10.5. The van der Waals surface area contributed by atoms with E-state index in [1.165, 1.54) is 19.3 Å². The van der Waals surface area contributed by atoms with Crippen molar-refractivity contribution < 1.29 is 0 Å². The van der Waals surface area contributed by atoms with E-state index in [9.17, 15) is 0 Å². The molecule has 0 fully saturated rings. The molecule has 0 heterocycles. The van der Waals surface area contributed by atoms with Gasteiger partial charge in [0.05, 0.1) is 0 Å². The summed E-state index contributed by atoms with van der Waals surface area (Å²) in [7, 11) is 0. The zero-order valence-corrected chi connectivity index (χ0v) is 9.13. The Hall–Kier alpha value is 0.540. The second kappa shape index (κ2) is 11.5. The molecule has 1 N–H and O–H groups in total. The summed E-state index contributed by atoms with van der Waals surface area (Å²) in [5.74, 6) is 1.57. The van der Waals surface area contributed by atoms with Gasteiger partial charge in [0.25, 0.3) is 0 Å². The van der Waals surface area contributed by atoms with Crippen molar-refractivity contribution in [1.82, 2.24) is 5.32 Å². The molecule has 0 aromatic rings. The van der Waals surface area contributed by atoms with Crippen molar-refractivity contribution in [1.29, 1.82) is 0 Å². The molecular formula is C9H19Cl2N. The van der Waals surface area contributed by atoms with Gasteiger partial charge in [0.1, 0.15) is 0 Å². The van der Waals surface area contributed by atoms with Crippen molar-refractivity contribution >= 4 is 23.2 Å². The maximum Gasteiger partial charge on any atom is 0.0235 e. The lowest BCUT2D eigenvalue weighted by molar-refractivity contribution is 0.596. The molecule has 0 aromatic carbocycles. The van der Waals surface area contributed by atoms with Crippen LogP contribution in [0.5, 0.6) is 0 Å². The van der Waals surface area contributed by atoms with Crippen molar-refractivity contribution in [2.75, 3.05) is 24.8 Å². The molecule has 0 bridgehead atoms. The molecule has 0 saturated carbocycles. The topological polar surface area (TPSA) is 12.0 Å². The Morgan fingerprint density at radius 1 is 0.667 bits per heavy atom. The summed E-state index contributed by atoms with van der Waals surface area (Å²) >= 11 is 11.1. The van der Waals surface area contributed by atoms with Gasteiger partial charge in [0.2, 0.25) is 0 Å². The molecule has 0 atom stereocenters. The van der Waals surface area contributed by atoms with E-state index >= 15 is 0 Å². The molecular weight excluding hydrogens is 193 g/mol. The molecule has 0 radical (unpaired) electrons. The first kappa shape index (κ1) is 12.5. The van der Waals surface area contributed by atoms with E-state index in [-0.39, 0.29) is 0 Å². The van der Waals surface area contributed by atoms with E-state index in [0.29, 0.717) is 0 Å². The van der Waals surface area contributed by atoms with Gasteiger partial charge in [-0.25, -0.2) is 0 Å². The Kier molecular flexibility index (Phi) is 12.1. The van der Waals surface area contributed by atoms with Gasteiger partial charge in [-0.1, -0.05) is 12.8 Å². The molecule has 0 aliphatic carbocycles. The number of nitrogens with one attached hydrogen (secondary N) is 1. The highest BCUT2D eigenvalue weighted by atomic mass is 35.5. The van der Waals surface area contributed by atoms with Gasteiger partial charge in [-0.3, -0.25) is 0 Å². The monoisotopic (exact) mass is 211 g/mol. The minimum atomic E-state index is 0.763. The molecule has 1 nitrogen and oxygen atoms in total. The fourth-order valence-electron chi connectivity index (χ4n) is 1.01. The first-order chi connectivity index (χ1) is 5.91. The van der Waals surface area contributed by atoms with Crippen LogP contribution in [0.15, 0.2) is 0 Å². The van der Waals surface area contributed by atoms with Gasteiger partial charge in [-0.05, 0) is 32.4 Å². The summed E-state index contributed by atoms with van der Waals surface area (Å²) in [5.41, 5.74) is 0. The molecule has 0 aliphatic rings. The Balaban J connectivity index is 2.73. The summed E-state index contributed by atoms with van der Waals surface area (Å²) in [5, 5.41) is 3.35. The van der Waals surface area contributed by atoms with Gasteiger partial charge >= 0.3 is 0 Å². The molecule has 0 saturated heterocycles. The lowest BCUT2D eigenvalue weighted by Gasteiger charge is -2.02. The van der Waals surface area contributed by atoms with Gasteiger partial charge in [-0.2, -0.15) is 0 Å². The van der Waals surface area contributed by atoms with E-state index in [2.05, 4.69) is 5.32 Å². The lowest BCUT2D eigenvalue weighted by atomic mass is 10.2. The normalized spacial score (nSPS) is 10.5. The van der Waals surface area contributed by atoms with Crippen LogP contribution in [0.2, 0.25) is 0 Å². The van der Waals surface area contributed by atoms with Crippen LogP contribution in [-0.4, -0.2) is 24.8 Å². The minimum Gasteiger partial charge on any atom is -0.317 e. The highest BCUT2D eigenvalue weighted by Gasteiger charge is 1.89. The van der Waals surface area contributed by atoms with Crippen LogP contribution in [0.3, 0.4) is 0 Å². The summed E-state index contributed by atoms with van der Waals surface area (Å²) in [4.78, 5) is 0. The average Bonchev–Trinajstić information content (AvgIpc) is 2.10. The van der Waals surface area contributed by atoms with Crippen molar-refractivity contribution in [3.8, 4) is 0 Å². The molecule has 12 heavy (non-hydrogen) atoms. The Morgan fingerprint density at radius 2 is 1.25 bits per heavy atom. The number of rotatable bonds is 9. The molecule has 0 aliphatic heterocycles. The predicted molar refractivity (Wildman–Crippen MR) is 57.4 cm³/mol. The summed E-state index contributed by atoms with van der Waals surface area (Å²) in [6.07, 6.45) is 6.05. The molecule has 0 unspecified atom stereocenters. The van der Waals surface area contributed by atoms with E-state index in [4.69, 9.17) is 23.2 Å². The first-order valence-corrected chi connectivity index (χ1v) is 5.81. The Labute approximate surface area is 85.8 Å². The van der Waals surface area contributed by atoms with Gasteiger partial charge in [0.15, 0.2) is 0 Å². The van der Waals surface area contributed by atoms with Crippen molar-refractivity contribution in [2.24, 2.45) is 0 Å². The number of unbranched alkanes of at least 4 members (excludes halogenated alkanes) is 3. The van der Waals surface area contributed by atoms with Crippen LogP contribution in [0.25, 0.3) is 0 Å². The van der Waals surface area contributed by atoms with Crippen LogP contribution >= 0.6 is 23.2 Å². The third-order valence-electron chi connectivity index (χ3n) is 1.72. The largest absolute Gasteiger partial charge is 0.317 e. The summed E-state index contributed by atoms with van der Waals surface area (Å²) in [6, 6.07) is 0. The number of halogens is 2. The zero-order chi connectivity index (χ0) is 9.07. The van der Waals surface area contributed by atoms with Gasteiger partial charge in [-0.15, -0.1) is 23.2 Å². The first-order valence-electron chi connectivity index (χ1n) is 4.74. The second-order valence-corrected chi connectivity index (χ2v) is 3.65. The molecule has 0 amide bonds. The van der Waals surface area contributed by atoms with Crippen LogP contribution in [-0.2, 0) is 0 Å². The highest BCUT2D eigenvalue weighted by molar-refractivity contribution is 6.18.